The molecule has 0 atom stereocenters. The summed E-state index contributed by atoms with van der Waals surface area (Å²) in [5.41, 5.74) is 0.720. The van der Waals surface area contributed by atoms with Gasteiger partial charge in [0.1, 0.15) is 13.2 Å². The van der Waals surface area contributed by atoms with Gasteiger partial charge in [-0.05, 0) is 0 Å². The summed E-state index contributed by atoms with van der Waals surface area (Å²) >= 11 is 0. The third-order valence-corrected chi connectivity index (χ3v) is 2.73. The van der Waals surface area contributed by atoms with Crippen LogP contribution in [0.5, 0.6) is 0 Å². The zero-order valence-electron chi connectivity index (χ0n) is 11.2. The van der Waals surface area contributed by atoms with Gasteiger partial charge in [0.05, 0.1) is 25.0 Å². The van der Waals surface area contributed by atoms with Crippen LogP contribution in [0.15, 0.2) is 6.20 Å². The van der Waals surface area contributed by atoms with Crippen molar-refractivity contribution in [2.24, 2.45) is 0 Å². The molecule has 9 heteroatoms. The second-order valence-corrected chi connectivity index (χ2v) is 4.24. The molecule has 1 aromatic rings. The Bertz CT molecular complexity index is 475. The summed E-state index contributed by atoms with van der Waals surface area (Å²) in [6.07, 6.45) is 1.07. The van der Waals surface area contributed by atoms with E-state index in [4.69, 9.17) is 9.47 Å². The van der Waals surface area contributed by atoms with Gasteiger partial charge in [-0.1, -0.05) is 5.21 Å². The van der Waals surface area contributed by atoms with Crippen LogP contribution in [0.25, 0.3) is 0 Å². The highest BCUT2D eigenvalue weighted by Crippen LogP contribution is 2.04. The lowest BCUT2D eigenvalue weighted by atomic mass is 10.4. The predicted octanol–water partition coefficient (Wildman–Crippen LogP) is -1.01. The number of hydrogen-bond acceptors (Lipinski definition) is 7. The van der Waals surface area contributed by atoms with Gasteiger partial charge < -0.3 is 14.8 Å². The number of ether oxygens (including phenoxy) is 2. The van der Waals surface area contributed by atoms with Gasteiger partial charge in [-0.2, -0.15) is 0 Å². The molecule has 9 nitrogen and oxygen atoms in total. The minimum Gasteiger partial charge on any atom is -0.447 e. The van der Waals surface area contributed by atoms with Crippen molar-refractivity contribution in [3.8, 4) is 0 Å². The maximum atomic E-state index is 11.8. The average Bonchev–Trinajstić information content (AvgIpc) is 3.04. The monoisotopic (exact) mass is 283 g/mol. The summed E-state index contributed by atoms with van der Waals surface area (Å²) in [5, 5.41) is 10.9. The molecule has 0 aromatic carbocycles. The normalized spacial score (nSPS) is 14.7. The zero-order valence-corrected chi connectivity index (χ0v) is 11.2. The van der Waals surface area contributed by atoms with Crippen molar-refractivity contribution in [2.45, 2.75) is 13.1 Å². The molecule has 110 valence electrons. The van der Waals surface area contributed by atoms with Gasteiger partial charge in [-0.25, -0.2) is 14.4 Å². The molecule has 0 aliphatic carbocycles. The molecular formula is C11H17N5O4. The first-order valence-electron chi connectivity index (χ1n) is 6.26. The summed E-state index contributed by atoms with van der Waals surface area (Å²) in [6.45, 7) is 2.38. The van der Waals surface area contributed by atoms with E-state index >= 15 is 0 Å². The van der Waals surface area contributed by atoms with E-state index in [0.29, 0.717) is 19.7 Å². The van der Waals surface area contributed by atoms with E-state index in [1.54, 1.807) is 13.3 Å². The SMILES string of the molecule is COCCNCc1cn(CC(=O)N2CCOC2=O)nn1. The molecule has 0 unspecified atom stereocenters. The number of nitrogens with zero attached hydrogens (tertiary/aromatic N) is 4. The molecule has 0 saturated carbocycles. The largest absolute Gasteiger partial charge is 0.447 e. The van der Waals surface area contributed by atoms with Crippen molar-refractivity contribution in [3.63, 3.8) is 0 Å². The number of hydrogen-bond donors (Lipinski definition) is 1. The van der Waals surface area contributed by atoms with Gasteiger partial charge in [0, 0.05) is 20.2 Å². The number of cyclic esters (lactones) is 1. The Morgan fingerprint density at radius 2 is 2.45 bits per heavy atom. The molecule has 2 rings (SSSR count). The first-order valence-corrected chi connectivity index (χ1v) is 6.26. The summed E-state index contributed by atoms with van der Waals surface area (Å²) in [7, 11) is 1.63. The summed E-state index contributed by atoms with van der Waals surface area (Å²) in [6, 6.07) is 0. The molecule has 1 N–H and O–H groups in total. The molecule has 1 aromatic heterocycles. The van der Waals surface area contributed by atoms with Crippen LogP contribution in [0.3, 0.4) is 0 Å². The molecule has 2 heterocycles. The summed E-state index contributed by atoms with van der Waals surface area (Å²) in [4.78, 5) is 24.1. The van der Waals surface area contributed by atoms with E-state index in [9.17, 15) is 9.59 Å². The molecule has 1 aliphatic rings. The smallest absolute Gasteiger partial charge is 0.416 e. The highest BCUT2D eigenvalue weighted by molar-refractivity contribution is 5.92. The zero-order chi connectivity index (χ0) is 14.4. The number of methoxy groups -OCH3 is 1. The molecule has 2 amide bonds. The van der Waals surface area contributed by atoms with Crippen LogP contribution in [0.2, 0.25) is 0 Å². The number of carbonyl (C=O) groups excluding carboxylic acids is 2. The molecule has 1 saturated heterocycles. The average molecular weight is 283 g/mol. The number of aromatic nitrogens is 3. The van der Waals surface area contributed by atoms with Gasteiger partial charge >= 0.3 is 6.09 Å². The van der Waals surface area contributed by atoms with E-state index in [0.717, 1.165) is 10.6 Å². The van der Waals surface area contributed by atoms with Crippen LogP contribution in [0, 0.1) is 0 Å². The number of nitrogens with one attached hydrogen (secondary N) is 1. The lowest BCUT2D eigenvalue weighted by molar-refractivity contribution is -0.128. The lowest BCUT2D eigenvalue weighted by Crippen LogP contribution is -2.34. The van der Waals surface area contributed by atoms with E-state index in [2.05, 4.69) is 15.6 Å². The van der Waals surface area contributed by atoms with Crippen LogP contribution in [0.1, 0.15) is 5.69 Å². The van der Waals surface area contributed by atoms with Crippen LogP contribution in [0.4, 0.5) is 4.79 Å². The topological polar surface area (TPSA) is 98.6 Å². The van der Waals surface area contributed by atoms with Crippen molar-refractivity contribution in [2.75, 3.05) is 33.4 Å². The highest BCUT2D eigenvalue weighted by atomic mass is 16.6. The standard InChI is InChI=1S/C11H17N5O4/c1-19-4-2-12-6-9-7-15(14-13-9)8-10(17)16-3-5-20-11(16)18/h7,12H,2-6,8H2,1H3. The van der Waals surface area contributed by atoms with Gasteiger partial charge in [-0.3, -0.25) is 4.79 Å². The van der Waals surface area contributed by atoms with E-state index in [1.165, 1.54) is 4.68 Å². The summed E-state index contributed by atoms with van der Waals surface area (Å²) in [5.74, 6) is -0.351. The predicted molar refractivity (Wildman–Crippen MR) is 66.7 cm³/mol. The maximum Gasteiger partial charge on any atom is 0.416 e. The molecular weight excluding hydrogens is 266 g/mol. The number of amides is 2. The van der Waals surface area contributed by atoms with Crippen molar-refractivity contribution < 1.29 is 19.1 Å². The van der Waals surface area contributed by atoms with Crippen LogP contribution < -0.4 is 5.32 Å². The second kappa shape index (κ2) is 6.96. The Morgan fingerprint density at radius 1 is 1.60 bits per heavy atom. The Morgan fingerprint density at radius 3 is 3.15 bits per heavy atom. The molecule has 0 radical (unpaired) electrons. The summed E-state index contributed by atoms with van der Waals surface area (Å²) < 4.78 is 11.0. The Hall–Kier alpha value is -2.00. The highest BCUT2D eigenvalue weighted by Gasteiger charge is 2.28. The van der Waals surface area contributed by atoms with Crippen molar-refractivity contribution in [3.05, 3.63) is 11.9 Å². The molecule has 20 heavy (non-hydrogen) atoms. The fourth-order valence-corrected chi connectivity index (χ4v) is 1.73. The van der Waals surface area contributed by atoms with Crippen LogP contribution in [-0.4, -0.2) is 65.3 Å². The Kier molecular flexibility index (Phi) is 5.02. The minimum absolute atomic E-state index is 0.0276. The third-order valence-electron chi connectivity index (χ3n) is 2.73. The van der Waals surface area contributed by atoms with Crippen molar-refractivity contribution >= 4 is 12.0 Å². The number of imide groups is 1. The van der Waals surface area contributed by atoms with Gasteiger partial charge in [0.15, 0.2) is 0 Å². The van der Waals surface area contributed by atoms with Crippen molar-refractivity contribution in [1.29, 1.82) is 0 Å². The number of carbonyl (C=O) groups is 2. The first kappa shape index (κ1) is 14.4. The third kappa shape index (κ3) is 3.75. The second-order valence-electron chi connectivity index (χ2n) is 4.24. The fraction of sp³-hybridized carbons (Fsp3) is 0.636. The first-order chi connectivity index (χ1) is 9.70. The Labute approximate surface area is 115 Å². The Balaban J connectivity index is 1.80. The minimum atomic E-state index is -0.600. The molecule has 0 bridgehead atoms. The quantitative estimate of drug-likeness (QED) is 0.640. The van der Waals surface area contributed by atoms with Gasteiger partial charge in [0.25, 0.3) is 5.91 Å². The molecule has 1 fully saturated rings. The van der Waals surface area contributed by atoms with Crippen LogP contribution >= 0.6 is 0 Å². The lowest BCUT2D eigenvalue weighted by Gasteiger charge is -2.09. The van der Waals surface area contributed by atoms with Gasteiger partial charge in [0.2, 0.25) is 0 Å². The van der Waals surface area contributed by atoms with Crippen molar-refractivity contribution in [1.82, 2.24) is 25.2 Å². The fourth-order valence-electron chi connectivity index (χ4n) is 1.73. The van der Waals surface area contributed by atoms with E-state index < -0.39 is 6.09 Å². The van der Waals surface area contributed by atoms with E-state index in [1.807, 2.05) is 0 Å². The maximum absolute atomic E-state index is 11.8. The molecule has 0 spiro atoms. The number of rotatable bonds is 7. The van der Waals surface area contributed by atoms with E-state index in [-0.39, 0.29) is 25.6 Å². The van der Waals surface area contributed by atoms with Gasteiger partial charge in [-0.15, -0.1) is 5.10 Å². The van der Waals surface area contributed by atoms with Crippen LogP contribution in [-0.2, 0) is 27.4 Å². The molecule has 1 aliphatic heterocycles.